The summed E-state index contributed by atoms with van der Waals surface area (Å²) < 4.78 is 5.51. The zero-order valence-corrected chi connectivity index (χ0v) is 13.5. The van der Waals surface area contributed by atoms with Gasteiger partial charge in [-0.3, -0.25) is 4.79 Å². The average molecular weight is 305 g/mol. The summed E-state index contributed by atoms with van der Waals surface area (Å²) in [5.41, 5.74) is 0. The Hall–Kier alpha value is -0.320. The van der Waals surface area contributed by atoms with Gasteiger partial charge in [0.2, 0.25) is 0 Å². The van der Waals surface area contributed by atoms with Gasteiger partial charge < -0.3 is 15.4 Å². The van der Waals surface area contributed by atoms with Gasteiger partial charge in [-0.1, -0.05) is 26.7 Å². The first-order valence-corrected chi connectivity index (χ1v) is 7.79. The second-order valence-electron chi connectivity index (χ2n) is 6.34. The van der Waals surface area contributed by atoms with Crippen LogP contribution in [0.4, 0.5) is 0 Å². The Morgan fingerprint density at radius 3 is 2.85 bits per heavy atom. The molecule has 4 nitrogen and oxygen atoms in total. The second-order valence-corrected chi connectivity index (χ2v) is 6.34. The van der Waals surface area contributed by atoms with E-state index in [1.54, 1.807) is 0 Å². The minimum absolute atomic E-state index is 0. The minimum Gasteiger partial charge on any atom is -0.366 e. The molecule has 20 heavy (non-hydrogen) atoms. The lowest BCUT2D eigenvalue weighted by molar-refractivity contribution is -0.135. The molecular weight excluding hydrogens is 276 g/mol. The van der Waals surface area contributed by atoms with E-state index in [2.05, 4.69) is 24.5 Å². The van der Waals surface area contributed by atoms with E-state index in [4.69, 9.17) is 4.74 Å². The van der Waals surface area contributed by atoms with Crippen molar-refractivity contribution in [1.82, 2.24) is 10.6 Å². The molecule has 1 amide bonds. The van der Waals surface area contributed by atoms with Crippen molar-refractivity contribution in [3.63, 3.8) is 0 Å². The molecule has 0 aromatic carbocycles. The van der Waals surface area contributed by atoms with E-state index < -0.39 is 0 Å². The predicted octanol–water partition coefficient (Wildman–Crippen LogP) is 2.12. The SMILES string of the molecule is CC(C)CCC1CCCC1NC(=O)C1CNCCO1.Cl. The Morgan fingerprint density at radius 1 is 1.40 bits per heavy atom. The number of hydrogen-bond donors (Lipinski definition) is 2. The quantitative estimate of drug-likeness (QED) is 0.818. The van der Waals surface area contributed by atoms with E-state index in [1.165, 1.54) is 25.7 Å². The topological polar surface area (TPSA) is 50.4 Å². The van der Waals surface area contributed by atoms with Crippen LogP contribution in [0.2, 0.25) is 0 Å². The lowest BCUT2D eigenvalue weighted by Gasteiger charge is -2.27. The highest BCUT2D eigenvalue weighted by atomic mass is 35.5. The fourth-order valence-electron chi connectivity index (χ4n) is 3.13. The van der Waals surface area contributed by atoms with Gasteiger partial charge in [0, 0.05) is 19.1 Å². The van der Waals surface area contributed by atoms with Crippen LogP contribution in [0.1, 0.15) is 46.0 Å². The third-order valence-electron chi connectivity index (χ3n) is 4.32. The largest absolute Gasteiger partial charge is 0.366 e. The van der Waals surface area contributed by atoms with E-state index in [1.807, 2.05) is 0 Å². The van der Waals surface area contributed by atoms with Crippen LogP contribution < -0.4 is 10.6 Å². The number of rotatable bonds is 5. The highest BCUT2D eigenvalue weighted by molar-refractivity contribution is 5.85. The summed E-state index contributed by atoms with van der Waals surface area (Å²) >= 11 is 0. The van der Waals surface area contributed by atoms with Crippen molar-refractivity contribution in [2.45, 2.75) is 58.1 Å². The average Bonchev–Trinajstić information content (AvgIpc) is 2.84. The van der Waals surface area contributed by atoms with Crippen molar-refractivity contribution < 1.29 is 9.53 Å². The molecule has 3 unspecified atom stereocenters. The maximum Gasteiger partial charge on any atom is 0.250 e. The fourth-order valence-corrected chi connectivity index (χ4v) is 3.13. The van der Waals surface area contributed by atoms with Crippen molar-refractivity contribution in [2.24, 2.45) is 11.8 Å². The summed E-state index contributed by atoms with van der Waals surface area (Å²) in [5, 5.41) is 6.42. The van der Waals surface area contributed by atoms with Gasteiger partial charge in [0.05, 0.1) is 6.61 Å². The van der Waals surface area contributed by atoms with Crippen LogP contribution in [0.25, 0.3) is 0 Å². The highest BCUT2D eigenvalue weighted by Crippen LogP contribution is 2.30. The highest BCUT2D eigenvalue weighted by Gasteiger charge is 2.31. The first kappa shape index (κ1) is 17.7. The summed E-state index contributed by atoms with van der Waals surface area (Å²) in [5.74, 6) is 1.50. The molecule has 0 bridgehead atoms. The van der Waals surface area contributed by atoms with Gasteiger partial charge in [-0.05, 0) is 31.1 Å². The summed E-state index contributed by atoms with van der Waals surface area (Å²) in [4.78, 5) is 12.2. The molecule has 2 N–H and O–H groups in total. The van der Waals surface area contributed by atoms with Crippen LogP contribution in [0.15, 0.2) is 0 Å². The third kappa shape index (κ3) is 5.23. The van der Waals surface area contributed by atoms with Crippen LogP contribution in [0.3, 0.4) is 0 Å². The van der Waals surface area contributed by atoms with E-state index in [-0.39, 0.29) is 24.4 Å². The molecule has 0 aromatic heterocycles. The van der Waals surface area contributed by atoms with Crippen LogP contribution >= 0.6 is 12.4 Å². The van der Waals surface area contributed by atoms with Crippen molar-refractivity contribution in [3.8, 4) is 0 Å². The maximum atomic E-state index is 12.2. The van der Waals surface area contributed by atoms with Crippen LogP contribution in [-0.4, -0.2) is 37.7 Å². The Bertz CT molecular complexity index is 294. The van der Waals surface area contributed by atoms with E-state index in [9.17, 15) is 4.79 Å². The number of morpholine rings is 1. The van der Waals surface area contributed by atoms with E-state index in [0.717, 1.165) is 18.9 Å². The molecule has 2 rings (SSSR count). The third-order valence-corrected chi connectivity index (χ3v) is 4.32. The Labute approximate surface area is 128 Å². The predicted molar refractivity (Wildman–Crippen MR) is 83.2 cm³/mol. The number of halogens is 1. The normalized spacial score (nSPS) is 30.1. The summed E-state index contributed by atoms with van der Waals surface area (Å²) in [7, 11) is 0. The molecule has 1 aliphatic heterocycles. The van der Waals surface area contributed by atoms with Crippen molar-refractivity contribution in [2.75, 3.05) is 19.7 Å². The second kappa shape index (κ2) is 8.85. The molecule has 1 saturated heterocycles. The molecule has 1 aliphatic carbocycles. The number of carbonyl (C=O) groups is 1. The molecule has 3 atom stereocenters. The molecule has 118 valence electrons. The van der Waals surface area contributed by atoms with Gasteiger partial charge in [-0.15, -0.1) is 12.4 Å². The first-order chi connectivity index (χ1) is 9.16. The molecule has 2 aliphatic rings. The summed E-state index contributed by atoms with van der Waals surface area (Å²) in [6, 6.07) is 0.372. The Kier molecular flexibility index (Phi) is 7.85. The lowest BCUT2D eigenvalue weighted by Crippen LogP contribution is -2.50. The van der Waals surface area contributed by atoms with Gasteiger partial charge in [0.25, 0.3) is 5.91 Å². The molecule has 0 radical (unpaired) electrons. The molecule has 0 aromatic rings. The van der Waals surface area contributed by atoms with Crippen molar-refractivity contribution in [1.29, 1.82) is 0 Å². The van der Waals surface area contributed by atoms with E-state index in [0.29, 0.717) is 25.1 Å². The summed E-state index contributed by atoms with van der Waals surface area (Å²) in [6.07, 6.45) is 5.86. The van der Waals surface area contributed by atoms with Crippen LogP contribution in [0.5, 0.6) is 0 Å². The van der Waals surface area contributed by atoms with Crippen molar-refractivity contribution >= 4 is 18.3 Å². The molecule has 1 saturated carbocycles. The van der Waals surface area contributed by atoms with Gasteiger partial charge >= 0.3 is 0 Å². The lowest BCUT2D eigenvalue weighted by atomic mass is 9.93. The molecule has 0 spiro atoms. The van der Waals surface area contributed by atoms with Gasteiger partial charge in [0.1, 0.15) is 6.10 Å². The number of ether oxygens (including phenoxy) is 1. The smallest absolute Gasteiger partial charge is 0.250 e. The number of hydrogen-bond acceptors (Lipinski definition) is 3. The van der Waals surface area contributed by atoms with E-state index >= 15 is 0 Å². The molecule has 1 heterocycles. The standard InChI is InChI=1S/C15H28N2O2.ClH/c1-11(2)6-7-12-4-3-5-13(12)17-15(18)14-10-16-8-9-19-14;/h11-14,16H,3-10H2,1-2H3,(H,17,18);1H. The van der Waals surface area contributed by atoms with Gasteiger partial charge in [-0.25, -0.2) is 0 Å². The monoisotopic (exact) mass is 304 g/mol. The fraction of sp³-hybridized carbons (Fsp3) is 0.933. The molecule has 2 fully saturated rings. The maximum absolute atomic E-state index is 12.2. The van der Waals surface area contributed by atoms with Crippen molar-refractivity contribution in [3.05, 3.63) is 0 Å². The van der Waals surface area contributed by atoms with Gasteiger partial charge in [-0.2, -0.15) is 0 Å². The molecule has 5 heteroatoms. The van der Waals surface area contributed by atoms with Crippen LogP contribution in [-0.2, 0) is 9.53 Å². The first-order valence-electron chi connectivity index (χ1n) is 7.79. The Balaban J connectivity index is 0.00000200. The number of amides is 1. The minimum atomic E-state index is -0.292. The van der Waals surface area contributed by atoms with Crippen LogP contribution in [0, 0.1) is 11.8 Å². The zero-order valence-electron chi connectivity index (χ0n) is 12.7. The Morgan fingerprint density at radius 2 is 2.20 bits per heavy atom. The summed E-state index contributed by atoms with van der Waals surface area (Å²) in [6.45, 7) is 6.67. The van der Waals surface area contributed by atoms with Gasteiger partial charge in [0.15, 0.2) is 0 Å². The number of nitrogens with one attached hydrogen (secondary N) is 2. The zero-order chi connectivity index (χ0) is 13.7. The number of carbonyl (C=O) groups excluding carboxylic acids is 1. The molecular formula is C15H29ClN2O2.